The Hall–Kier alpha value is -0.650. The zero-order valence-corrected chi connectivity index (χ0v) is 8.41. The van der Waals surface area contributed by atoms with Crippen LogP contribution in [0, 0.1) is 0 Å². The Kier molecular flexibility index (Phi) is 4.05. The first-order valence-electron chi connectivity index (χ1n) is 3.76. The highest BCUT2D eigenvalue weighted by molar-refractivity contribution is 6.21. The van der Waals surface area contributed by atoms with Gasteiger partial charge in [0.25, 0.3) is 0 Å². The predicted molar refractivity (Wildman–Crippen MR) is 45.6 cm³/mol. The highest BCUT2D eigenvalue weighted by Gasteiger charge is 2.41. The Balaban J connectivity index is 4.29. The Morgan fingerprint density at radius 1 is 1.50 bits per heavy atom. The maximum atomic E-state index is 12.0. The van der Waals surface area contributed by atoms with E-state index >= 15 is 0 Å². The minimum Gasteiger partial charge on any atom is -0.465 e. The van der Waals surface area contributed by atoms with E-state index in [1.807, 2.05) is 5.32 Å². The monoisotopic (exact) mass is 233 g/mol. The van der Waals surface area contributed by atoms with Gasteiger partial charge in [-0.15, -0.1) is 11.6 Å². The first-order valence-corrected chi connectivity index (χ1v) is 4.20. The van der Waals surface area contributed by atoms with Crippen molar-refractivity contribution in [3.63, 3.8) is 0 Å². The molecule has 0 heterocycles. The van der Waals surface area contributed by atoms with Gasteiger partial charge in [-0.1, -0.05) is 0 Å². The number of amides is 1. The van der Waals surface area contributed by atoms with Gasteiger partial charge in [-0.05, 0) is 20.3 Å². The summed E-state index contributed by atoms with van der Waals surface area (Å²) in [6, 6.07) is 0. The molecule has 14 heavy (non-hydrogen) atoms. The van der Waals surface area contributed by atoms with Gasteiger partial charge in [0.05, 0.1) is 0 Å². The summed E-state index contributed by atoms with van der Waals surface area (Å²) in [4.78, 5) is 10.2. The number of nitrogens with one attached hydrogen (secondary N) is 1. The van der Waals surface area contributed by atoms with Crippen LogP contribution in [0.1, 0.15) is 20.3 Å². The summed E-state index contributed by atoms with van der Waals surface area (Å²) in [5.74, 6) is 0. The summed E-state index contributed by atoms with van der Waals surface area (Å²) in [6.07, 6.45) is -6.40. The van der Waals surface area contributed by atoms with Crippen molar-refractivity contribution in [1.29, 1.82) is 0 Å². The molecule has 0 fully saturated rings. The van der Waals surface area contributed by atoms with Crippen LogP contribution in [-0.2, 0) is 0 Å². The van der Waals surface area contributed by atoms with E-state index in [-0.39, 0.29) is 0 Å². The third kappa shape index (κ3) is 5.16. The molecular weight excluding hydrogens is 223 g/mol. The summed E-state index contributed by atoms with van der Waals surface area (Å²) in [6.45, 7) is 2.67. The third-order valence-electron chi connectivity index (χ3n) is 1.49. The molecule has 0 spiro atoms. The van der Waals surface area contributed by atoms with Gasteiger partial charge in [-0.3, -0.25) is 0 Å². The van der Waals surface area contributed by atoms with Gasteiger partial charge in [0, 0.05) is 5.54 Å². The molecule has 7 heteroatoms. The second-order valence-electron chi connectivity index (χ2n) is 3.53. The van der Waals surface area contributed by atoms with Crippen LogP contribution in [0.2, 0.25) is 0 Å². The van der Waals surface area contributed by atoms with Gasteiger partial charge in [0.2, 0.25) is 0 Å². The largest absolute Gasteiger partial charge is 0.465 e. The lowest BCUT2D eigenvalue weighted by Gasteiger charge is -2.27. The van der Waals surface area contributed by atoms with Crippen LogP contribution in [0.5, 0.6) is 0 Å². The number of hydrogen-bond donors (Lipinski definition) is 2. The van der Waals surface area contributed by atoms with Crippen LogP contribution in [0.3, 0.4) is 0 Å². The molecule has 0 aliphatic rings. The molecule has 1 amide bonds. The lowest BCUT2D eigenvalue weighted by molar-refractivity contribution is -0.134. The van der Waals surface area contributed by atoms with Crippen molar-refractivity contribution in [2.45, 2.75) is 37.4 Å². The van der Waals surface area contributed by atoms with E-state index in [0.29, 0.717) is 0 Å². The minimum atomic E-state index is -4.51. The van der Waals surface area contributed by atoms with Crippen LogP contribution < -0.4 is 5.32 Å². The highest BCUT2D eigenvalue weighted by atomic mass is 35.5. The van der Waals surface area contributed by atoms with E-state index in [1.54, 1.807) is 0 Å². The molecule has 0 aliphatic heterocycles. The van der Waals surface area contributed by atoms with Crippen LogP contribution in [0.15, 0.2) is 0 Å². The van der Waals surface area contributed by atoms with Gasteiger partial charge in [0.1, 0.15) is 5.38 Å². The average Bonchev–Trinajstić information content (AvgIpc) is 1.79. The number of carbonyl (C=O) groups is 1. The van der Waals surface area contributed by atoms with Crippen LogP contribution in [0.4, 0.5) is 18.0 Å². The number of hydrogen-bond acceptors (Lipinski definition) is 1. The SMILES string of the molecule is CC(C)(CC(Cl)C(F)(F)F)NC(=O)O. The summed E-state index contributed by atoms with van der Waals surface area (Å²) in [5, 5.41) is 8.23. The van der Waals surface area contributed by atoms with Crippen molar-refractivity contribution in [3.8, 4) is 0 Å². The van der Waals surface area contributed by atoms with Crippen molar-refractivity contribution in [2.75, 3.05) is 0 Å². The van der Waals surface area contributed by atoms with Crippen molar-refractivity contribution in [3.05, 3.63) is 0 Å². The second kappa shape index (κ2) is 4.25. The van der Waals surface area contributed by atoms with E-state index in [4.69, 9.17) is 16.7 Å². The smallest absolute Gasteiger partial charge is 0.405 e. The van der Waals surface area contributed by atoms with Crippen molar-refractivity contribution in [1.82, 2.24) is 5.32 Å². The first-order chi connectivity index (χ1) is 6.04. The van der Waals surface area contributed by atoms with Crippen molar-refractivity contribution < 1.29 is 23.1 Å². The van der Waals surface area contributed by atoms with E-state index in [9.17, 15) is 18.0 Å². The summed E-state index contributed by atoms with van der Waals surface area (Å²) >= 11 is 5.07. The quantitative estimate of drug-likeness (QED) is 0.736. The first kappa shape index (κ1) is 13.4. The maximum absolute atomic E-state index is 12.0. The topological polar surface area (TPSA) is 49.3 Å². The fraction of sp³-hybridized carbons (Fsp3) is 0.857. The lowest BCUT2D eigenvalue weighted by Crippen LogP contribution is -2.46. The molecule has 0 saturated carbocycles. The maximum Gasteiger partial charge on any atom is 0.405 e. The Labute approximate surface area is 84.2 Å². The van der Waals surface area contributed by atoms with Crippen molar-refractivity contribution >= 4 is 17.7 Å². The molecule has 2 N–H and O–H groups in total. The summed E-state index contributed by atoms with van der Waals surface area (Å²) < 4.78 is 36.0. The van der Waals surface area contributed by atoms with E-state index in [2.05, 4.69) is 0 Å². The molecule has 0 aromatic rings. The number of alkyl halides is 4. The Morgan fingerprint density at radius 3 is 2.21 bits per heavy atom. The standard InChI is InChI=1S/C7H11ClF3NO2/c1-6(2,12-5(13)14)3-4(8)7(9,10)11/h4,12H,3H2,1-2H3,(H,13,14). The Morgan fingerprint density at radius 2 is 1.93 bits per heavy atom. The normalized spacial score (nSPS) is 15.0. The molecule has 1 unspecified atom stereocenters. The fourth-order valence-corrected chi connectivity index (χ4v) is 1.29. The number of halogens is 4. The van der Waals surface area contributed by atoms with E-state index < -0.39 is 29.6 Å². The second-order valence-corrected chi connectivity index (χ2v) is 4.05. The average molecular weight is 234 g/mol. The van der Waals surface area contributed by atoms with Gasteiger partial charge in [-0.25, -0.2) is 4.79 Å². The molecular formula is C7H11ClF3NO2. The van der Waals surface area contributed by atoms with Gasteiger partial charge in [-0.2, -0.15) is 13.2 Å². The molecule has 1 atom stereocenters. The van der Waals surface area contributed by atoms with Gasteiger partial charge < -0.3 is 10.4 Å². The van der Waals surface area contributed by atoms with E-state index in [0.717, 1.165) is 0 Å². The fourth-order valence-electron chi connectivity index (χ4n) is 0.904. The van der Waals surface area contributed by atoms with Crippen molar-refractivity contribution in [2.24, 2.45) is 0 Å². The molecule has 3 nitrogen and oxygen atoms in total. The molecule has 0 rings (SSSR count). The minimum absolute atomic E-state index is 0.510. The molecule has 84 valence electrons. The van der Waals surface area contributed by atoms with Gasteiger partial charge in [0.15, 0.2) is 0 Å². The van der Waals surface area contributed by atoms with Crippen LogP contribution in [-0.4, -0.2) is 28.3 Å². The summed E-state index contributed by atoms with van der Waals surface area (Å²) in [5.41, 5.74) is -1.20. The molecule has 0 aromatic carbocycles. The zero-order valence-electron chi connectivity index (χ0n) is 7.65. The molecule has 0 bridgehead atoms. The van der Waals surface area contributed by atoms with Crippen LogP contribution in [0.25, 0.3) is 0 Å². The summed E-state index contributed by atoms with van der Waals surface area (Å²) in [7, 11) is 0. The predicted octanol–water partition coefficient (Wildman–Crippen LogP) is 2.59. The highest BCUT2D eigenvalue weighted by Crippen LogP contribution is 2.30. The molecule has 0 aliphatic carbocycles. The number of carboxylic acid groups (broad SMARTS) is 1. The Bertz CT molecular complexity index is 217. The molecule has 0 saturated heterocycles. The molecule has 0 radical (unpaired) electrons. The van der Waals surface area contributed by atoms with E-state index in [1.165, 1.54) is 13.8 Å². The zero-order chi connectivity index (χ0) is 11.6. The third-order valence-corrected chi connectivity index (χ3v) is 1.89. The van der Waals surface area contributed by atoms with Crippen LogP contribution >= 0.6 is 11.6 Å². The number of rotatable bonds is 3. The van der Waals surface area contributed by atoms with Gasteiger partial charge >= 0.3 is 12.3 Å². The lowest BCUT2D eigenvalue weighted by atomic mass is 9.98. The molecule has 0 aromatic heterocycles.